The Kier molecular flexibility index (Phi) is 6.73. The minimum absolute atomic E-state index is 0.0208. The predicted molar refractivity (Wildman–Crippen MR) is 127 cm³/mol. The quantitative estimate of drug-likeness (QED) is 0.559. The predicted octanol–water partition coefficient (Wildman–Crippen LogP) is 4.27. The van der Waals surface area contributed by atoms with Crippen LogP contribution in [0.5, 0.6) is 5.75 Å². The van der Waals surface area contributed by atoms with E-state index >= 15 is 0 Å². The second-order valence-corrected chi connectivity index (χ2v) is 10.0. The number of methoxy groups -OCH3 is 1. The fraction of sp³-hybridized carbons (Fsp3) is 0.304. The lowest BCUT2D eigenvalue weighted by atomic mass is 10.2. The van der Waals surface area contributed by atoms with E-state index in [1.165, 1.54) is 28.2 Å². The molecule has 0 aliphatic carbocycles. The number of para-hydroxylation sites is 1. The Morgan fingerprint density at radius 2 is 1.79 bits per heavy atom. The van der Waals surface area contributed by atoms with E-state index in [0.717, 1.165) is 24.9 Å². The Labute approximate surface area is 198 Å². The molecule has 1 saturated heterocycles. The second-order valence-electron chi connectivity index (χ2n) is 7.78. The van der Waals surface area contributed by atoms with E-state index in [9.17, 15) is 13.2 Å². The van der Waals surface area contributed by atoms with Gasteiger partial charge in [-0.3, -0.25) is 4.79 Å². The molecule has 0 bridgehead atoms. The Morgan fingerprint density at radius 3 is 2.45 bits per heavy atom. The lowest BCUT2D eigenvalue weighted by molar-refractivity contribution is 0.102. The molecule has 1 amide bonds. The topological polar surface area (TPSA) is 93.5 Å². The third-order valence-corrected chi connectivity index (χ3v) is 7.86. The number of rotatable bonds is 6. The van der Waals surface area contributed by atoms with Crippen molar-refractivity contribution in [2.24, 2.45) is 0 Å². The maximum atomic E-state index is 13.2. The summed E-state index contributed by atoms with van der Waals surface area (Å²) in [6.45, 7) is 2.63. The Balaban J connectivity index is 1.65. The largest absolute Gasteiger partial charge is 0.495 e. The van der Waals surface area contributed by atoms with Gasteiger partial charge in [-0.1, -0.05) is 36.2 Å². The molecule has 8 nitrogen and oxygen atoms in total. The SMILES string of the molecule is COc1ccc(NC(=O)c2c(C)nn(-c3ccccc3)c2Cl)cc1S(=O)(=O)N1CCCCC1. The number of hydrogen-bond donors (Lipinski definition) is 1. The number of aromatic nitrogens is 2. The molecule has 1 aliphatic heterocycles. The zero-order chi connectivity index (χ0) is 23.6. The van der Waals surface area contributed by atoms with Crippen molar-refractivity contribution in [3.63, 3.8) is 0 Å². The van der Waals surface area contributed by atoms with Crippen LogP contribution in [0.25, 0.3) is 5.69 Å². The van der Waals surface area contributed by atoms with Crippen LogP contribution in [0.3, 0.4) is 0 Å². The molecular weight excluding hydrogens is 464 g/mol. The summed E-state index contributed by atoms with van der Waals surface area (Å²) >= 11 is 6.50. The summed E-state index contributed by atoms with van der Waals surface area (Å²) in [7, 11) is -2.34. The molecule has 0 saturated carbocycles. The van der Waals surface area contributed by atoms with Crippen LogP contribution in [0.4, 0.5) is 5.69 Å². The highest BCUT2D eigenvalue weighted by atomic mass is 35.5. The minimum atomic E-state index is -3.76. The first-order valence-corrected chi connectivity index (χ1v) is 12.4. The van der Waals surface area contributed by atoms with E-state index < -0.39 is 15.9 Å². The average molecular weight is 489 g/mol. The van der Waals surface area contributed by atoms with Gasteiger partial charge in [0.25, 0.3) is 5.91 Å². The molecule has 4 rings (SSSR count). The first kappa shape index (κ1) is 23.3. The summed E-state index contributed by atoms with van der Waals surface area (Å²) in [5, 5.41) is 7.32. The summed E-state index contributed by atoms with van der Waals surface area (Å²) in [6, 6.07) is 13.8. The van der Waals surface area contributed by atoms with Gasteiger partial charge in [-0.2, -0.15) is 9.40 Å². The van der Waals surface area contributed by atoms with Crippen LogP contribution in [-0.2, 0) is 10.0 Å². The number of sulfonamides is 1. The average Bonchev–Trinajstić information content (AvgIpc) is 3.14. The molecule has 1 N–H and O–H groups in total. The fourth-order valence-electron chi connectivity index (χ4n) is 3.89. The summed E-state index contributed by atoms with van der Waals surface area (Å²) < 4.78 is 34.7. The maximum absolute atomic E-state index is 13.2. The number of halogens is 1. The van der Waals surface area contributed by atoms with Gasteiger partial charge < -0.3 is 10.1 Å². The number of carbonyl (C=O) groups is 1. The van der Waals surface area contributed by atoms with Crippen LogP contribution in [0.15, 0.2) is 53.4 Å². The van der Waals surface area contributed by atoms with Gasteiger partial charge in [0.2, 0.25) is 10.0 Å². The van der Waals surface area contributed by atoms with Gasteiger partial charge in [0, 0.05) is 18.8 Å². The molecule has 33 heavy (non-hydrogen) atoms. The van der Waals surface area contributed by atoms with Crippen LogP contribution >= 0.6 is 11.6 Å². The number of carbonyl (C=O) groups excluding carboxylic acids is 1. The van der Waals surface area contributed by atoms with Crippen LogP contribution in [0.2, 0.25) is 5.15 Å². The molecule has 1 aromatic heterocycles. The van der Waals surface area contributed by atoms with Crippen molar-refractivity contribution in [2.45, 2.75) is 31.1 Å². The molecule has 1 fully saturated rings. The number of aryl methyl sites for hydroxylation is 1. The van der Waals surface area contributed by atoms with E-state index in [1.807, 2.05) is 30.3 Å². The second kappa shape index (κ2) is 9.54. The summed E-state index contributed by atoms with van der Waals surface area (Å²) in [5.74, 6) is -0.254. The summed E-state index contributed by atoms with van der Waals surface area (Å²) in [6.07, 6.45) is 2.65. The maximum Gasteiger partial charge on any atom is 0.260 e. The van der Waals surface area contributed by atoms with Gasteiger partial charge in [0.1, 0.15) is 21.4 Å². The van der Waals surface area contributed by atoms with Gasteiger partial charge in [-0.25, -0.2) is 13.1 Å². The smallest absolute Gasteiger partial charge is 0.260 e. The third kappa shape index (κ3) is 4.62. The van der Waals surface area contributed by atoms with Crippen molar-refractivity contribution in [1.82, 2.24) is 14.1 Å². The molecular formula is C23H25ClN4O4S. The zero-order valence-electron chi connectivity index (χ0n) is 18.4. The highest BCUT2D eigenvalue weighted by Gasteiger charge is 2.30. The molecule has 174 valence electrons. The molecule has 1 aliphatic rings. The monoisotopic (exact) mass is 488 g/mol. The zero-order valence-corrected chi connectivity index (χ0v) is 20.0. The number of nitrogens with zero attached hydrogens (tertiary/aromatic N) is 3. The molecule has 2 aromatic carbocycles. The fourth-order valence-corrected chi connectivity index (χ4v) is 5.95. The molecule has 0 spiro atoms. The molecule has 3 aromatic rings. The number of hydrogen-bond acceptors (Lipinski definition) is 5. The van der Waals surface area contributed by atoms with Crippen LogP contribution < -0.4 is 10.1 Å². The van der Waals surface area contributed by atoms with Crippen molar-refractivity contribution in [1.29, 1.82) is 0 Å². The van der Waals surface area contributed by atoms with Gasteiger partial charge in [0.15, 0.2) is 0 Å². The van der Waals surface area contributed by atoms with Crippen LogP contribution in [-0.4, -0.2) is 48.6 Å². The van der Waals surface area contributed by atoms with E-state index in [2.05, 4.69) is 10.4 Å². The van der Waals surface area contributed by atoms with Gasteiger partial charge in [-0.15, -0.1) is 0 Å². The Morgan fingerprint density at radius 1 is 1.09 bits per heavy atom. The minimum Gasteiger partial charge on any atom is -0.495 e. The summed E-state index contributed by atoms with van der Waals surface area (Å²) in [5.41, 5.74) is 1.72. The van der Waals surface area contributed by atoms with Crippen molar-refractivity contribution in [2.75, 3.05) is 25.5 Å². The molecule has 0 atom stereocenters. The number of amides is 1. The highest BCUT2D eigenvalue weighted by Crippen LogP contribution is 2.32. The van der Waals surface area contributed by atoms with E-state index in [0.29, 0.717) is 24.5 Å². The highest BCUT2D eigenvalue weighted by molar-refractivity contribution is 7.89. The van der Waals surface area contributed by atoms with Crippen molar-refractivity contribution in [3.8, 4) is 11.4 Å². The Bertz CT molecular complexity index is 1270. The first-order chi connectivity index (χ1) is 15.8. The molecule has 0 radical (unpaired) electrons. The first-order valence-electron chi connectivity index (χ1n) is 10.6. The van der Waals surface area contributed by atoms with Gasteiger partial charge in [0.05, 0.1) is 18.5 Å². The number of ether oxygens (including phenoxy) is 1. The van der Waals surface area contributed by atoms with E-state index in [1.54, 1.807) is 13.0 Å². The molecule has 0 unspecified atom stereocenters. The van der Waals surface area contributed by atoms with E-state index in [-0.39, 0.29) is 21.4 Å². The van der Waals surface area contributed by atoms with E-state index in [4.69, 9.17) is 16.3 Å². The number of benzene rings is 2. The lowest BCUT2D eigenvalue weighted by Crippen LogP contribution is -2.35. The molecule has 10 heteroatoms. The molecule has 2 heterocycles. The lowest BCUT2D eigenvalue weighted by Gasteiger charge is -2.26. The van der Waals surface area contributed by atoms with Crippen molar-refractivity contribution >= 4 is 33.2 Å². The van der Waals surface area contributed by atoms with Crippen molar-refractivity contribution < 1.29 is 17.9 Å². The van der Waals surface area contributed by atoms with Gasteiger partial charge in [-0.05, 0) is 50.1 Å². The van der Waals surface area contributed by atoms with Crippen molar-refractivity contribution in [3.05, 3.63) is 64.9 Å². The Hall–Kier alpha value is -2.88. The normalized spacial score (nSPS) is 14.8. The van der Waals surface area contributed by atoms with Crippen LogP contribution in [0.1, 0.15) is 35.3 Å². The third-order valence-electron chi connectivity index (χ3n) is 5.59. The van der Waals surface area contributed by atoms with Gasteiger partial charge >= 0.3 is 0 Å². The number of piperidine rings is 1. The standard InChI is InChI=1S/C23H25ClN4O4S/c1-16-21(22(24)28(26-16)18-9-5-3-6-10-18)23(29)25-17-11-12-19(32-2)20(15-17)33(30,31)27-13-7-4-8-14-27/h3,5-6,9-12,15H,4,7-8,13-14H2,1-2H3,(H,25,29). The summed E-state index contributed by atoms with van der Waals surface area (Å²) in [4.78, 5) is 13.1. The number of nitrogens with one attached hydrogen (secondary N) is 1. The van der Waals surface area contributed by atoms with Crippen LogP contribution in [0, 0.1) is 6.92 Å². The number of anilines is 1.